The van der Waals surface area contributed by atoms with E-state index in [0.717, 1.165) is 30.6 Å². The summed E-state index contributed by atoms with van der Waals surface area (Å²) in [5.74, 6) is 0.842. The first-order chi connectivity index (χ1) is 9.22. The highest BCUT2D eigenvalue weighted by molar-refractivity contribution is 5.37. The molecule has 0 aliphatic carbocycles. The molecule has 0 saturated heterocycles. The molecule has 1 aromatic rings. The van der Waals surface area contributed by atoms with Crippen molar-refractivity contribution < 1.29 is 9.84 Å². The summed E-state index contributed by atoms with van der Waals surface area (Å²) < 4.78 is 5.68. The Morgan fingerprint density at radius 1 is 1.42 bits per heavy atom. The van der Waals surface area contributed by atoms with Gasteiger partial charge in [0.2, 0.25) is 0 Å². The normalized spacial score (nSPS) is 23.0. The molecule has 3 heteroatoms. The Hall–Kier alpha value is -1.53. The maximum absolute atomic E-state index is 10.4. The highest BCUT2D eigenvalue weighted by atomic mass is 16.5. The molecule has 1 heterocycles. The first-order valence-electron chi connectivity index (χ1n) is 7.02. The number of hydrogen-bond donors (Lipinski definition) is 1. The van der Waals surface area contributed by atoms with Gasteiger partial charge in [-0.2, -0.15) is 5.26 Å². The van der Waals surface area contributed by atoms with Crippen LogP contribution in [-0.2, 0) is 6.42 Å². The maximum Gasteiger partial charge on any atom is 0.122 e. The van der Waals surface area contributed by atoms with E-state index in [2.05, 4.69) is 13.0 Å². The Bertz CT molecular complexity index is 466. The van der Waals surface area contributed by atoms with Crippen molar-refractivity contribution in [2.24, 2.45) is 5.41 Å². The van der Waals surface area contributed by atoms with Crippen LogP contribution in [0.3, 0.4) is 0 Å². The fourth-order valence-corrected chi connectivity index (χ4v) is 2.61. The summed E-state index contributed by atoms with van der Waals surface area (Å²) in [6.07, 6.45) is 3.81. The average molecular weight is 259 g/mol. The van der Waals surface area contributed by atoms with E-state index in [0.29, 0.717) is 12.8 Å². The van der Waals surface area contributed by atoms with Crippen molar-refractivity contribution in [3.63, 3.8) is 0 Å². The zero-order valence-corrected chi connectivity index (χ0v) is 11.4. The summed E-state index contributed by atoms with van der Waals surface area (Å²) in [5, 5.41) is 19.9. The predicted molar refractivity (Wildman–Crippen MR) is 73.8 cm³/mol. The van der Waals surface area contributed by atoms with E-state index < -0.39 is 11.5 Å². The van der Waals surface area contributed by atoms with Gasteiger partial charge in [-0.1, -0.05) is 44.4 Å². The molecular formula is C16H21NO2. The fraction of sp³-hybridized carbons (Fsp3) is 0.562. The van der Waals surface area contributed by atoms with Gasteiger partial charge in [0.1, 0.15) is 17.8 Å². The quantitative estimate of drug-likeness (QED) is 0.827. The van der Waals surface area contributed by atoms with Crippen molar-refractivity contribution in [1.82, 2.24) is 0 Å². The minimum Gasteiger partial charge on any atom is -0.492 e. The third-order valence-electron chi connectivity index (χ3n) is 3.91. The zero-order valence-electron chi connectivity index (χ0n) is 11.4. The topological polar surface area (TPSA) is 53.2 Å². The van der Waals surface area contributed by atoms with Crippen LogP contribution in [-0.4, -0.2) is 17.8 Å². The molecule has 2 atom stereocenters. The number of aliphatic hydroxyl groups is 1. The van der Waals surface area contributed by atoms with E-state index in [1.54, 1.807) is 0 Å². The lowest BCUT2D eigenvalue weighted by atomic mass is 9.75. The molecule has 1 aromatic carbocycles. The van der Waals surface area contributed by atoms with E-state index in [1.165, 1.54) is 0 Å². The van der Waals surface area contributed by atoms with Crippen LogP contribution in [0, 0.1) is 16.7 Å². The van der Waals surface area contributed by atoms with E-state index in [1.807, 2.05) is 24.3 Å². The van der Waals surface area contributed by atoms with Crippen LogP contribution < -0.4 is 4.74 Å². The zero-order chi connectivity index (χ0) is 13.7. The van der Waals surface area contributed by atoms with Crippen LogP contribution in [0.2, 0.25) is 0 Å². The standard InChI is InChI=1S/C16H21NO2/c1-2-3-4-9-15(18)16(11-17)10-13-7-5-6-8-14(13)19-12-16/h5-8,15,18H,2-4,9-10,12H2,1H3. The smallest absolute Gasteiger partial charge is 0.122 e. The van der Waals surface area contributed by atoms with Crippen molar-refractivity contribution in [1.29, 1.82) is 5.26 Å². The van der Waals surface area contributed by atoms with E-state index in [4.69, 9.17) is 4.74 Å². The molecule has 0 radical (unpaired) electrons. The summed E-state index contributed by atoms with van der Waals surface area (Å²) in [4.78, 5) is 0. The van der Waals surface area contributed by atoms with Gasteiger partial charge in [-0.3, -0.25) is 0 Å². The molecule has 0 amide bonds. The Morgan fingerprint density at radius 3 is 2.95 bits per heavy atom. The molecule has 0 saturated carbocycles. The van der Waals surface area contributed by atoms with Crippen molar-refractivity contribution in [2.75, 3.05) is 6.61 Å². The Labute approximate surface area is 114 Å². The molecule has 3 nitrogen and oxygen atoms in total. The Kier molecular flexibility index (Phi) is 4.44. The summed E-state index contributed by atoms with van der Waals surface area (Å²) in [6.45, 7) is 2.42. The van der Waals surface area contributed by atoms with Gasteiger partial charge in [0.15, 0.2) is 0 Å². The van der Waals surface area contributed by atoms with Crippen LogP contribution in [0.4, 0.5) is 0 Å². The lowest BCUT2D eigenvalue weighted by Gasteiger charge is -2.36. The average Bonchev–Trinajstić information content (AvgIpc) is 2.46. The lowest BCUT2D eigenvalue weighted by Crippen LogP contribution is -2.43. The first-order valence-corrected chi connectivity index (χ1v) is 7.02. The third-order valence-corrected chi connectivity index (χ3v) is 3.91. The van der Waals surface area contributed by atoms with Crippen molar-refractivity contribution in [3.05, 3.63) is 29.8 Å². The van der Waals surface area contributed by atoms with Gasteiger partial charge >= 0.3 is 0 Å². The predicted octanol–water partition coefficient (Wildman–Crippen LogP) is 3.07. The number of aliphatic hydroxyl groups excluding tert-OH is 1. The van der Waals surface area contributed by atoms with Crippen molar-refractivity contribution >= 4 is 0 Å². The monoisotopic (exact) mass is 259 g/mol. The van der Waals surface area contributed by atoms with Gasteiger partial charge in [0.05, 0.1) is 12.2 Å². The largest absolute Gasteiger partial charge is 0.492 e. The number of unbranched alkanes of at least 4 members (excludes halogenated alkanes) is 2. The second kappa shape index (κ2) is 6.08. The lowest BCUT2D eigenvalue weighted by molar-refractivity contribution is 0.0119. The van der Waals surface area contributed by atoms with Crippen LogP contribution >= 0.6 is 0 Å². The van der Waals surface area contributed by atoms with E-state index >= 15 is 0 Å². The highest BCUT2D eigenvalue weighted by Gasteiger charge is 2.42. The number of nitriles is 1. The third kappa shape index (κ3) is 2.90. The van der Waals surface area contributed by atoms with E-state index in [-0.39, 0.29) is 6.61 Å². The Morgan fingerprint density at radius 2 is 2.21 bits per heavy atom. The minimum atomic E-state index is -0.790. The van der Waals surface area contributed by atoms with Gasteiger partial charge in [-0.25, -0.2) is 0 Å². The first kappa shape index (κ1) is 13.9. The fourth-order valence-electron chi connectivity index (χ4n) is 2.61. The van der Waals surface area contributed by atoms with Gasteiger partial charge < -0.3 is 9.84 Å². The van der Waals surface area contributed by atoms with Gasteiger partial charge in [0, 0.05) is 6.42 Å². The minimum absolute atomic E-state index is 0.286. The van der Waals surface area contributed by atoms with Crippen molar-refractivity contribution in [2.45, 2.75) is 45.1 Å². The number of nitrogens with zero attached hydrogens (tertiary/aromatic N) is 1. The number of benzene rings is 1. The van der Waals surface area contributed by atoms with Crippen LogP contribution in [0.25, 0.3) is 0 Å². The number of para-hydroxylation sites is 1. The Balaban J connectivity index is 2.11. The second-order valence-electron chi connectivity index (χ2n) is 5.35. The number of rotatable bonds is 5. The van der Waals surface area contributed by atoms with Crippen LogP contribution in [0.1, 0.15) is 38.2 Å². The highest BCUT2D eigenvalue weighted by Crippen LogP contribution is 2.37. The van der Waals surface area contributed by atoms with Crippen LogP contribution in [0.5, 0.6) is 5.75 Å². The molecule has 2 unspecified atom stereocenters. The molecule has 0 fully saturated rings. The van der Waals surface area contributed by atoms with Gasteiger partial charge in [-0.15, -0.1) is 0 Å². The summed E-state index contributed by atoms with van der Waals surface area (Å²) >= 11 is 0. The summed E-state index contributed by atoms with van der Waals surface area (Å²) in [7, 11) is 0. The van der Waals surface area contributed by atoms with E-state index in [9.17, 15) is 10.4 Å². The molecule has 0 bridgehead atoms. The van der Waals surface area contributed by atoms with Gasteiger partial charge in [0.25, 0.3) is 0 Å². The number of fused-ring (bicyclic) bond motifs is 1. The molecule has 1 aliphatic rings. The second-order valence-corrected chi connectivity index (χ2v) is 5.35. The summed E-state index contributed by atoms with van der Waals surface area (Å²) in [6, 6.07) is 10.1. The van der Waals surface area contributed by atoms with Gasteiger partial charge in [-0.05, 0) is 18.1 Å². The molecule has 2 rings (SSSR count). The molecule has 0 spiro atoms. The molecular weight excluding hydrogens is 238 g/mol. The number of ether oxygens (including phenoxy) is 1. The maximum atomic E-state index is 10.4. The SMILES string of the molecule is CCCCCC(O)C1(C#N)COc2ccccc2C1. The summed E-state index contributed by atoms with van der Waals surface area (Å²) in [5.41, 5.74) is 0.229. The molecule has 1 N–H and O–H groups in total. The molecule has 19 heavy (non-hydrogen) atoms. The number of hydrogen-bond acceptors (Lipinski definition) is 3. The molecule has 0 aromatic heterocycles. The molecule has 102 valence electrons. The van der Waals surface area contributed by atoms with Crippen molar-refractivity contribution in [3.8, 4) is 11.8 Å². The van der Waals surface area contributed by atoms with Crippen LogP contribution in [0.15, 0.2) is 24.3 Å². The molecule has 1 aliphatic heterocycles.